The third-order valence-electron chi connectivity index (χ3n) is 2.33. The normalized spacial score (nSPS) is 34.9. The van der Waals surface area contributed by atoms with Crippen LogP contribution in [0.2, 0.25) is 0 Å². The Bertz CT molecular complexity index is 320. The van der Waals surface area contributed by atoms with Crippen LogP contribution in [-0.2, 0) is 9.52 Å². The first-order valence-electron chi connectivity index (χ1n) is 4.68. The van der Waals surface area contributed by atoms with Crippen LogP contribution < -0.4 is 0 Å². The van der Waals surface area contributed by atoms with Gasteiger partial charge in [0, 0.05) is 11.2 Å². The smallest absolute Gasteiger partial charge is 0.00833 e. The molecule has 0 fully saturated rings. The summed E-state index contributed by atoms with van der Waals surface area (Å²) in [5.41, 5.74) is 0. The minimum atomic E-state index is -1.97. The number of hydrogen-bond acceptors (Lipinski definition) is 1. The summed E-state index contributed by atoms with van der Waals surface area (Å²) in [5.74, 6) is 4.36. The molecule has 0 N–H and O–H groups in total. The lowest BCUT2D eigenvalue weighted by atomic mass is 10.0. The summed E-state index contributed by atoms with van der Waals surface area (Å²) in [6, 6.07) is 0. The maximum absolute atomic E-state index is 11.7. The van der Waals surface area contributed by atoms with E-state index >= 15 is 0 Å². The Hall–Kier alpha value is -0.500. The summed E-state index contributed by atoms with van der Waals surface area (Å²) in [5, 5.41) is 0. The van der Waals surface area contributed by atoms with Gasteiger partial charge in [0.1, 0.15) is 0 Å². The first-order valence-corrected chi connectivity index (χ1v) is 6.81. The summed E-state index contributed by atoms with van der Waals surface area (Å²) in [6.45, 7) is 2.21. The molecule has 0 saturated heterocycles. The quantitative estimate of drug-likeness (QED) is 0.467. The molecule has 1 nitrogen and oxygen atoms in total. The van der Waals surface area contributed by atoms with E-state index in [-0.39, 0.29) is 0 Å². The Labute approximate surface area is 81.5 Å². The van der Waals surface area contributed by atoms with E-state index in [1.807, 2.05) is 0 Å². The van der Waals surface area contributed by atoms with E-state index in [1.165, 1.54) is 0 Å². The molecule has 2 heteroatoms. The monoisotopic (exact) mass is 198 g/mol. The third-order valence-corrected chi connectivity index (χ3v) is 3.77. The second-order valence-electron chi connectivity index (χ2n) is 3.86. The van der Waals surface area contributed by atoms with E-state index in [4.69, 9.17) is 0 Å². The predicted molar refractivity (Wildman–Crippen MR) is 61.4 cm³/mol. The fraction of sp³-hybridized carbons (Fsp3) is 0.545. The van der Waals surface area contributed by atoms with E-state index in [0.29, 0.717) is 5.92 Å². The fourth-order valence-corrected chi connectivity index (χ4v) is 2.38. The molecule has 0 heterocycles. The topological polar surface area (TPSA) is 17.1 Å². The van der Waals surface area contributed by atoms with Crippen LogP contribution in [0.3, 0.4) is 0 Å². The van der Waals surface area contributed by atoms with Gasteiger partial charge in [-0.15, -0.1) is 0 Å². The Morgan fingerprint density at radius 2 is 2.31 bits per heavy atom. The van der Waals surface area contributed by atoms with Crippen LogP contribution in [0.25, 0.3) is 0 Å². The van der Waals surface area contributed by atoms with Gasteiger partial charge < -0.3 is 0 Å². The lowest BCUT2D eigenvalue weighted by Gasteiger charge is -2.11. The zero-order chi connectivity index (χ0) is 9.90. The van der Waals surface area contributed by atoms with Gasteiger partial charge in [0.15, 0.2) is 0 Å². The van der Waals surface area contributed by atoms with Crippen LogP contribution in [0.5, 0.6) is 0 Å². The summed E-state index contributed by atoms with van der Waals surface area (Å²) in [6.07, 6.45) is 11.1. The Morgan fingerprint density at radius 3 is 2.92 bits per heavy atom. The molecule has 1 aliphatic rings. The minimum absolute atomic E-state index is 0.649. The molecule has 0 spiro atoms. The molecule has 2 unspecified atom stereocenters. The van der Waals surface area contributed by atoms with Crippen molar-refractivity contribution in [3.8, 4) is 0 Å². The molecule has 0 aromatic rings. The molecule has 2 atom stereocenters. The van der Waals surface area contributed by atoms with Gasteiger partial charge in [-0.2, -0.15) is 0 Å². The van der Waals surface area contributed by atoms with Crippen molar-refractivity contribution in [2.75, 3.05) is 6.26 Å². The van der Waals surface area contributed by atoms with Gasteiger partial charge in [-0.25, -0.2) is 0 Å². The standard InChI is InChI=1S/C11H18OS/c1-10-6-4-8-11(9-5-7-10)13(2,3)12/h4,6,9-10H,2,5,7-8H2,1,3H3/b6-4-,11-9+. The van der Waals surface area contributed by atoms with E-state index in [0.717, 1.165) is 24.2 Å². The SMILES string of the molecule is C=S(C)(=O)/C1=C/CCC(C)/C=C\C1. The number of hydrogen-bond donors (Lipinski definition) is 0. The van der Waals surface area contributed by atoms with E-state index in [2.05, 4.69) is 31.0 Å². The van der Waals surface area contributed by atoms with E-state index in [1.54, 1.807) is 6.26 Å². The van der Waals surface area contributed by atoms with Gasteiger partial charge in [0.25, 0.3) is 0 Å². The Morgan fingerprint density at radius 1 is 1.62 bits per heavy atom. The number of rotatable bonds is 1. The maximum atomic E-state index is 11.7. The maximum Gasteiger partial charge on any atom is 0.00833 e. The zero-order valence-electron chi connectivity index (χ0n) is 8.45. The minimum Gasteiger partial charge on any atom is -0.264 e. The van der Waals surface area contributed by atoms with Crippen LogP contribution in [0, 0.1) is 5.92 Å². The predicted octanol–water partition coefficient (Wildman–Crippen LogP) is 2.59. The van der Waals surface area contributed by atoms with Crippen molar-refractivity contribution in [1.29, 1.82) is 0 Å². The van der Waals surface area contributed by atoms with Crippen LogP contribution >= 0.6 is 0 Å². The molecule has 0 aromatic carbocycles. The molecule has 0 amide bonds. The number of allylic oxidation sites excluding steroid dienone is 4. The van der Waals surface area contributed by atoms with Crippen LogP contribution in [0.15, 0.2) is 23.1 Å². The van der Waals surface area contributed by atoms with Crippen molar-refractivity contribution in [1.82, 2.24) is 0 Å². The van der Waals surface area contributed by atoms with Crippen molar-refractivity contribution in [2.24, 2.45) is 5.92 Å². The molecule has 0 saturated carbocycles. The van der Waals surface area contributed by atoms with Crippen molar-refractivity contribution < 1.29 is 4.21 Å². The Kier molecular flexibility index (Phi) is 3.37. The highest BCUT2D eigenvalue weighted by Gasteiger charge is 2.06. The molecule has 0 aliphatic heterocycles. The highest BCUT2D eigenvalue weighted by Crippen LogP contribution is 2.18. The second-order valence-corrected chi connectivity index (χ2v) is 6.40. The fourth-order valence-electron chi connectivity index (χ4n) is 1.46. The van der Waals surface area contributed by atoms with E-state index < -0.39 is 9.52 Å². The van der Waals surface area contributed by atoms with E-state index in [9.17, 15) is 4.21 Å². The Balaban J connectivity index is 2.80. The summed E-state index contributed by atoms with van der Waals surface area (Å²) in [4.78, 5) is 1.01. The molecule has 0 aromatic heterocycles. The molecule has 74 valence electrons. The van der Waals surface area contributed by atoms with Gasteiger partial charge in [-0.3, -0.25) is 4.21 Å². The van der Waals surface area contributed by atoms with Crippen molar-refractivity contribution >= 4 is 15.4 Å². The van der Waals surface area contributed by atoms with Crippen molar-refractivity contribution in [3.05, 3.63) is 23.1 Å². The van der Waals surface area contributed by atoms with Gasteiger partial charge in [-0.05, 0) is 40.6 Å². The van der Waals surface area contributed by atoms with Crippen molar-refractivity contribution in [2.45, 2.75) is 26.2 Å². The molecule has 0 radical (unpaired) electrons. The van der Waals surface area contributed by atoms with Crippen LogP contribution in [0.4, 0.5) is 0 Å². The first kappa shape index (κ1) is 10.6. The second kappa shape index (κ2) is 4.14. The van der Waals surface area contributed by atoms with Crippen LogP contribution in [0.1, 0.15) is 26.2 Å². The average molecular weight is 198 g/mol. The zero-order valence-corrected chi connectivity index (χ0v) is 9.27. The highest BCUT2D eigenvalue weighted by molar-refractivity contribution is 8.03. The lowest BCUT2D eigenvalue weighted by Crippen LogP contribution is -2.02. The van der Waals surface area contributed by atoms with Gasteiger partial charge in [0.05, 0.1) is 0 Å². The van der Waals surface area contributed by atoms with Gasteiger partial charge >= 0.3 is 0 Å². The molecular weight excluding hydrogens is 180 g/mol. The van der Waals surface area contributed by atoms with Gasteiger partial charge in [-0.1, -0.05) is 25.2 Å². The molecule has 0 bridgehead atoms. The van der Waals surface area contributed by atoms with Crippen LogP contribution in [-0.4, -0.2) is 16.3 Å². The summed E-state index contributed by atoms with van der Waals surface area (Å²) >= 11 is 0. The summed E-state index contributed by atoms with van der Waals surface area (Å²) < 4.78 is 11.7. The van der Waals surface area contributed by atoms with Crippen molar-refractivity contribution in [3.63, 3.8) is 0 Å². The summed E-state index contributed by atoms with van der Waals surface area (Å²) in [7, 11) is -1.97. The lowest BCUT2D eigenvalue weighted by molar-refractivity contribution is 0.650. The first-order chi connectivity index (χ1) is 6.00. The molecular formula is C11H18OS. The third kappa shape index (κ3) is 3.39. The molecule has 1 aliphatic carbocycles. The average Bonchev–Trinajstić information content (AvgIpc) is 1.93. The van der Waals surface area contributed by atoms with Gasteiger partial charge in [0.2, 0.25) is 0 Å². The molecule has 13 heavy (non-hydrogen) atoms. The highest BCUT2D eigenvalue weighted by atomic mass is 32.2. The largest absolute Gasteiger partial charge is 0.264 e. The molecule has 1 rings (SSSR count).